The average molecular weight is 296 g/mol. The van der Waals surface area contributed by atoms with Gasteiger partial charge in [0.15, 0.2) is 0 Å². The first-order valence-electron chi connectivity index (χ1n) is 7.85. The molecule has 3 rings (SSSR count). The smallest absolute Gasteiger partial charge is 0.289 e. The molecule has 0 saturated heterocycles. The van der Waals surface area contributed by atoms with Crippen LogP contribution in [0.15, 0.2) is 59.6 Å². The van der Waals surface area contributed by atoms with Crippen molar-refractivity contribution in [1.82, 2.24) is 0 Å². The minimum absolute atomic E-state index is 0.0769. The van der Waals surface area contributed by atoms with Crippen molar-refractivity contribution in [2.75, 3.05) is 11.9 Å². The number of hydrogen-bond acceptors (Lipinski definition) is 2. The molecular formula is C19H24N2O. The molecule has 1 N–H and O–H groups in total. The van der Waals surface area contributed by atoms with Crippen molar-refractivity contribution >= 4 is 11.7 Å². The second-order valence-corrected chi connectivity index (χ2v) is 5.09. The maximum absolute atomic E-state index is 5.69. The van der Waals surface area contributed by atoms with Crippen molar-refractivity contribution in [3.8, 4) is 0 Å². The van der Waals surface area contributed by atoms with Crippen LogP contribution in [0.3, 0.4) is 0 Å². The summed E-state index contributed by atoms with van der Waals surface area (Å²) >= 11 is 0. The van der Waals surface area contributed by atoms with Crippen LogP contribution in [0.4, 0.5) is 5.69 Å². The fourth-order valence-corrected chi connectivity index (χ4v) is 2.26. The zero-order valence-electron chi connectivity index (χ0n) is 13.5. The Morgan fingerprint density at radius 2 is 1.68 bits per heavy atom. The van der Waals surface area contributed by atoms with E-state index in [1.54, 1.807) is 0 Å². The summed E-state index contributed by atoms with van der Waals surface area (Å²) in [5.41, 5.74) is 3.67. The van der Waals surface area contributed by atoms with E-state index in [4.69, 9.17) is 4.74 Å². The maximum atomic E-state index is 5.69. The molecule has 22 heavy (non-hydrogen) atoms. The molecule has 0 bridgehead atoms. The highest BCUT2D eigenvalue weighted by molar-refractivity contribution is 5.92. The number of aryl methyl sites for hydroxylation is 1. The highest BCUT2D eigenvalue weighted by atomic mass is 16.5. The van der Waals surface area contributed by atoms with Crippen molar-refractivity contribution < 1.29 is 4.74 Å². The monoisotopic (exact) mass is 296 g/mol. The molecule has 1 aliphatic heterocycles. The van der Waals surface area contributed by atoms with Gasteiger partial charge in [-0.1, -0.05) is 55.5 Å². The van der Waals surface area contributed by atoms with Gasteiger partial charge in [0.1, 0.15) is 6.10 Å². The summed E-state index contributed by atoms with van der Waals surface area (Å²) < 4.78 is 5.69. The molecule has 0 aliphatic carbocycles. The van der Waals surface area contributed by atoms with E-state index in [0.29, 0.717) is 6.02 Å². The van der Waals surface area contributed by atoms with Crippen LogP contribution in [0, 0.1) is 0 Å². The SMILES string of the molecule is CCN=C1Nc2ccc(CC)cc2C(C)O1.c1ccccc1. The first kappa shape index (κ1) is 16.1. The van der Waals surface area contributed by atoms with Crippen molar-refractivity contribution in [2.45, 2.75) is 33.3 Å². The van der Waals surface area contributed by atoms with Crippen LogP contribution in [0.1, 0.15) is 38.0 Å². The number of ether oxygens (including phenoxy) is 1. The third kappa shape index (κ3) is 4.35. The van der Waals surface area contributed by atoms with E-state index in [2.05, 4.69) is 42.4 Å². The summed E-state index contributed by atoms with van der Waals surface area (Å²) in [6.07, 6.45) is 1.13. The third-order valence-electron chi connectivity index (χ3n) is 3.46. The molecule has 0 radical (unpaired) electrons. The van der Waals surface area contributed by atoms with E-state index in [-0.39, 0.29) is 6.10 Å². The molecule has 1 unspecified atom stereocenters. The number of fused-ring (bicyclic) bond motifs is 1. The van der Waals surface area contributed by atoms with Gasteiger partial charge in [0.25, 0.3) is 6.02 Å². The third-order valence-corrected chi connectivity index (χ3v) is 3.46. The molecule has 0 aromatic heterocycles. The number of anilines is 1. The van der Waals surface area contributed by atoms with Gasteiger partial charge in [-0.2, -0.15) is 0 Å². The summed E-state index contributed by atoms with van der Waals surface area (Å²) in [6, 6.07) is 19.1. The Labute approximate surface area is 133 Å². The molecule has 2 aromatic carbocycles. The molecule has 1 heterocycles. The van der Waals surface area contributed by atoms with Gasteiger partial charge in [-0.3, -0.25) is 0 Å². The Kier molecular flexibility index (Phi) is 6.01. The average Bonchev–Trinajstić information content (AvgIpc) is 2.57. The lowest BCUT2D eigenvalue weighted by Gasteiger charge is -2.26. The molecule has 0 saturated carbocycles. The summed E-state index contributed by atoms with van der Waals surface area (Å²) in [5.74, 6) is 0. The van der Waals surface area contributed by atoms with E-state index < -0.39 is 0 Å². The first-order valence-corrected chi connectivity index (χ1v) is 7.85. The van der Waals surface area contributed by atoms with Gasteiger partial charge in [0.2, 0.25) is 0 Å². The van der Waals surface area contributed by atoms with Crippen LogP contribution in [-0.2, 0) is 11.2 Å². The summed E-state index contributed by atoms with van der Waals surface area (Å²) in [5, 5.41) is 3.21. The Morgan fingerprint density at radius 3 is 2.23 bits per heavy atom. The van der Waals surface area contributed by atoms with E-state index in [1.165, 1.54) is 11.1 Å². The highest BCUT2D eigenvalue weighted by Crippen LogP contribution is 2.31. The predicted octanol–water partition coefficient (Wildman–Crippen LogP) is 4.81. The van der Waals surface area contributed by atoms with Gasteiger partial charge in [-0.15, -0.1) is 0 Å². The zero-order valence-corrected chi connectivity index (χ0v) is 13.5. The number of rotatable bonds is 2. The summed E-state index contributed by atoms with van der Waals surface area (Å²) in [7, 11) is 0. The molecular weight excluding hydrogens is 272 g/mol. The lowest BCUT2D eigenvalue weighted by Crippen LogP contribution is -2.25. The fourth-order valence-electron chi connectivity index (χ4n) is 2.26. The van der Waals surface area contributed by atoms with Gasteiger partial charge in [0.05, 0.1) is 0 Å². The van der Waals surface area contributed by atoms with Crippen molar-refractivity contribution in [1.29, 1.82) is 0 Å². The number of nitrogens with one attached hydrogen (secondary N) is 1. The Morgan fingerprint density at radius 1 is 1.05 bits per heavy atom. The van der Waals surface area contributed by atoms with Gasteiger partial charge in [0, 0.05) is 17.8 Å². The van der Waals surface area contributed by atoms with Crippen LogP contribution in [0.5, 0.6) is 0 Å². The van der Waals surface area contributed by atoms with E-state index >= 15 is 0 Å². The van der Waals surface area contributed by atoms with Crippen molar-refractivity contribution in [2.24, 2.45) is 4.99 Å². The number of benzene rings is 2. The number of hydrogen-bond donors (Lipinski definition) is 1. The van der Waals surface area contributed by atoms with Gasteiger partial charge < -0.3 is 10.1 Å². The van der Waals surface area contributed by atoms with Crippen molar-refractivity contribution in [3.05, 3.63) is 65.7 Å². The van der Waals surface area contributed by atoms with Crippen LogP contribution < -0.4 is 5.32 Å². The number of nitrogens with zero attached hydrogens (tertiary/aromatic N) is 1. The number of aliphatic imine (C=N–C) groups is 1. The predicted molar refractivity (Wildman–Crippen MR) is 93.4 cm³/mol. The molecule has 1 atom stereocenters. The van der Waals surface area contributed by atoms with Gasteiger partial charge >= 0.3 is 0 Å². The normalized spacial score (nSPS) is 17.6. The topological polar surface area (TPSA) is 33.6 Å². The van der Waals surface area contributed by atoms with Crippen LogP contribution in [0.2, 0.25) is 0 Å². The maximum Gasteiger partial charge on any atom is 0.289 e. The van der Waals surface area contributed by atoms with E-state index in [1.807, 2.05) is 43.3 Å². The van der Waals surface area contributed by atoms with Crippen LogP contribution in [-0.4, -0.2) is 12.6 Å². The van der Waals surface area contributed by atoms with Gasteiger partial charge in [-0.25, -0.2) is 4.99 Å². The zero-order chi connectivity index (χ0) is 15.8. The fraction of sp³-hybridized carbons (Fsp3) is 0.316. The molecule has 3 heteroatoms. The molecule has 2 aromatic rings. The number of amidine groups is 1. The minimum Gasteiger partial charge on any atom is -0.457 e. The quantitative estimate of drug-likeness (QED) is 0.862. The summed E-state index contributed by atoms with van der Waals surface area (Å²) in [4.78, 5) is 4.26. The summed E-state index contributed by atoms with van der Waals surface area (Å²) in [6.45, 7) is 6.95. The van der Waals surface area contributed by atoms with Crippen LogP contribution >= 0.6 is 0 Å². The lowest BCUT2D eigenvalue weighted by atomic mass is 10.0. The molecule has 116 valence electrons. The highest BCUT2D eigenvalue weighted by Gasteiger charge is 2.21. The Balaban J connectivity index is 0.000000246. The molecule has 1 aliphatic rings. The molecule has 0 fully saturated rings. The standard InChI is InChI=1S/C13H18N2O.C6H6/c1-4-10-6-7-12-11(8-10)9(3)16-13(15-12)14-5-2;1-2-4-6-5-3-1/h6-9H,4-5H2,1-3H3,(H,14,15);1-6H. The van der Waals surface area contributed by atoms with E-state index in [0.717, 1.165) is 18.7 Å². The lowest BCUT2D eigenvalue weighted by molar-refractivity contribution is 0.206. The minimum atomic E-state index is 0.0769. The largest absolute Gasteiger partial charge is 0.457 e. The molecule has 3 nitrogen and oxygen atoms in total. The first-order chi connectivity index (χ1) is 10.7. The van der Waals surface area contributed by atoms with Crippen molar-refractivity contribution in [3.63, 3.8) is 0 Å². The molecule has 0 amide bonds. The van der Waals surface area contributed by atoms with E-state index in [9.17, 15) is 0 Å². The Hall–Kier alpha value is -2.29. The second-order valence-electron chi connectivity index (χ2n) is 5.09. The second kappa shape index (κ2) is 8.23. The molecule has 0 spiro atoms. The van der Waals surface area contributed by atoms with Crippen LogP contribution in [0.25, 0.3) is 0 Å². The van der Waals surface area contributed by atoms with Gasteiger partial charge in [-0.05, 0) is 31.9 Å². The Bertz CT molecular complexity index is 581.